The first kappa shape index (κ1) is 23.2. The minimum atomic E-state index is -1.24. The monoisotopic (exact) mass is 472 g/mol. The van der Waals surface area contributed by atoms with Crippen molar-refractivity contribution in [1.82, 2.24) is 20.0 Å². The van der Waals surface area contributed by atoms with E-state index in [1.807, 2.05) is 72.8 Å². The first-order valence-corrected chi connectivity index (χ1v) is 12.0. The van der Waals surface area contributed by atoms with Crippen LogP contribution in [-0.2, 0) is 16.9 Å². The molecule has 0 aromatic heterocycles. The largest absolute Gasteiger partial charge is 0.326 e. The fraction of sp³-hybridized carbons (Fsp3) is 0.286. The highest BCUT2D eigenvalue weighted by Crippen LogP contribution is 2.36. The maximum Gasteiger partial charge on any atom is 0.326 e. The quantitative estimate of drug-likeness (QED) is 0.555. The van der Waals surface area contributed by atoms with Crippen LogP contribution >= 0.6 is 0 Å². The van der Waals surface area contributed by atoms with Crippen molar-refractivity contribution >= 4 is 11.9 Å². The number of nitrogens with one attached hydrogen (secondary N) is 1. The highest BCUT2D eigenvalue weighted by atomic mass is 19.1. The fourth-order valence-corrected chi connectivity index (χ4v) is 5.01. The molecule has 7 heteroatoms. The molecule has 0 bridgehead atoms. The van der Waals surface area contributed by atoms with Crippen molar-refractivity contribution in [3.05, 3.63) is 107 Å². The summed E-state index contributed by atoms with van der Waals surface area (Å²) in [6.45, 7) is 4.25. The molecule has 3 amide bonds. The van der Waals surface area contributed by atoms with Gasteiger partial charge in [-0.2, -0.15) is 0 Å². The second kappa shape index (κ2) is 9.98. The number of carbonyl (C=O) groups excluding carboxylic acids is 2. The first-order chi connectivity index (χ1) is 17.1. The van der Waals surface area contributed by atoms with Crippen molar-refractivity contribution in [2.24, 2.45) is 0 Å². The van der Waals surface area contributed by atoms with Crippen LogP contribution in [-0.4, -0.2) is 59.5 Å². The Morgan fingerprint density at radius 1 is 0.743 bits per heavy atom. The number of nitrogens with zero attached hydrogens (tertiary/aromatic N) is 3. The van der Waals surface area contributed by atoms with E-state index in [0.29, 0.717) is 0 Å². The smallest absolute Gasteiger partial charge is 0.315 e. The average Bonchev–Trinajstić information content (AvgIpc) is 3.01. The summed E-state index contributed by atoms with van der Waals surface area (Å²) in [5.41, 5.74) is 1.33. The molecule has 2 aliphatic heterocycles. The molecule has 3 aromatic carbocycles. The van der Waals surface area contributed by atoms with Crippen molar-refractivity contribution in [1.29, 1.82) is 0 Å². The van der Waals surface area contributed by atoms with Gasteiger partial charge in [-0.25, -0.2) is 14.1 Å². The summed E-state index contributed by atoms with van der Waals surface area (Å²) < 4.78 is 13.2. The Hall–Kier alpha value is -3.55. The fourth-order valence-electron chi connectivity index (χ4n) is 5.01. The molecule has 180 valence electrons. The Balaban J connectivity index is 1.31. The number of hydrogen-bond acceptors (Lipinski definition) is 4. The first-order valence-electron chi connectivity index (χ1n) is 12.0. The van der Waals surface area contributed by atoms with E-state index in [1.165, 1.54) is 17.0 Å². The van der Waals surface area contributed by atoms with E-state index < -0.39 is 5.54 Å². The van der Waals surface area contributed by atoms with E-state index >= 15 is 0 Å². The van der Waals surface area contributed by atoms with Crippen molar-refractivity contribution in [3.63, 3.8) is 0 Å². The second-order valence-electron chi connectivity index (χ2n) is 9.16. The SMILES string of the molecule is O=C1NC(c2ccccc2)(c2ccccc2)C(=O)N1CN1CCCN(Cc2ccc(F)cc2)CC1. The van der Waals surface area contributed by atoms with E-state index in [4.69, 9.17) is 0 Å². The lowest BCUT2D eigenvalue weighted by Crippen LogP contribution is -2.46. The van der Waals surface area contributed by atoms with Crippen molar-refractivity contribution in [2.75, 3.05) is 32.8 Å². The molecule has 3 aromatic rings. The molecule has 0 aliphatic carbocycles. The Labute approximate surface area is 205 Å². The minimum absolute atomic E-state index is 0.230. The van der Waals surface area contributed by atoms with Gasteiger partial charge in [-0.15, -0.1) is 0 Å². The van der Waals surface area contributed by atoms with Gasteiger partial charge >= 0.3 is 6.03 Å². The average molecular weight is 473 g/mol. The standard InChI is InChI=1S/C28H29FN4O2/c29-25-14-12-22(13-15-25)20-31-16-7-17-32(19-18-31)21-33-26(34)28(30-27(33)35,23-8-3-1-4-9-23)24-10-5-2-6-11-24/h1-6,8-15H,7,16-21H2,(H,30,35). The maximum atomic E-state index is 13.9. The van der Waals surface area contributed by atoms with Crippen LogP contribution in [0.25, 0.3) is 0 Å². The summed E-state index contributed by atoms with van der Waals surface area (Å²) in [6.07, 6.45) is 0.924. The van der Waals surface area contributed by atoms with Crippen molar-refractivity contribution in [2.45, 2.75) is 18.5 Å². The van der Waals surface area contributed by atoms with Gasteiger partial charge in [-0.05, 0) is 41.8 Å². The summed E-state index contributed by atoms with van der Waals surface area (Å²) in [5.74, 6) is -0.487. The maximum absolute atomic E-state index is 13.9. The van der Waals surface area contributed by atoms with Crippen LogP contribution in [0.4, 0.5) is 9.18 Å². The van der Waals surface area contributed by atoms with Gasteiger partial charge in [0.1, 0.15) is 5.82 Å². The topological polar surface area (TPSA) is 55.9 Å². The molecular weight excluding hydrogens is 443 g/mol. The van der Waals surface area contributed by atoms with Crippen LogP contribution in [0.2, 0.25) is 0 Å². The number of carbonyl (C=O) groups is 2. The molecule has 0 radical (unpaired) electrons. The predicted octanol–water partition coefficient (Wildman–Crippen LogP) is 3.79. The van der Waals surface area contributed by atoms with E-state index in [9.17, 15) is 14.0 Å². The van der Waals surface area contributed by atoms with Crippen LogP contribution in [0, 0.1) is 5.82 Å². The lowest BCUT2D eigenvalue weighted by atomic mass is 9.83. The van der Waals surface area contributed by atoms with Crippen LogP contribution in [0.3, 0.4) is 0 Å². The van der Waals surface area contributed by atoms with E-state index in [0.717, 1.165) is 55.8 Å². The van der Waals surface area contributed by atoms with Crippen LogP contribution in [0.5, 0.6) is 0 Å². The number of hydrogen-bond donors (Lipinski definition) is 1. The third-order valence-corrected chi connectivity index (χ3v) is 6.86. The number of halogens is 1. The third-order valence-electron chi connectivity index (χ3n) is 6.86. The molecule has 0 spiro atoms. The third kappa shape index (κ3) is 4.70. The van der Waals surface area contributed by atoms with E-state index in [-0.39, 0.29) is 24.4 Å². The highest BCUT2D eigenvalue weighted by Gasteiger charge is 2.53. The Morgan fingerprint density at radius 2 is 1.31 bits per heavy atom. The Kier molecular flexibility index (Phi) is 6.61. The molecule has 2 heterocycles. The molecule has 0 saturated carbocycles. The number of rotatable bonds is 6. The molecule has 2 saturated heterocycles. The molecule has 5 rings (SSSR count). The summed E-state index contributed by atoms with van der Waals surface area (Å²) >= 11 is 0. The molecular formula is C28H29FN4O2. The van der Waals surface area contributed by atoms with Gasteiger partial charge < -0.3 is 5.32 Å². The number of imide groups is 1. The van der Waals surface area contributed by atoms with Gasteiger partial charge in [-0.3, -0.25) is 14.6 Å². The summed E-state index contributed by atoms with van der Waals surface area (Å²) in [6, 6.07) is 25.1. The molecule has 2 aliphatic rings. The van der Waals surface area contributed by atoms with Gasteiger partial charge in [-0.1, -0.05) is 72.8 Å². The van der Waals surface area contributed by atoms with Crippen LogP contribution in [0.15, 0.2) is 84.9 Å². The zero-order valence-electron chi connectivity index (χ0n) is 19.6. The van der Waals surface area contributed by atoms with Gasteiger partial charge in [0.2, 0.25) is 0 Å². The zero-order valence-corrected chi connectivity index (χ0v) is 19.6. The van der Waals surface area contributed by atoms with Gasteiger partial charge in [0.05, 0.1) is 6.67 Å². The summed E-state index contributed by atoms with van der Waals surface area (Å²) in [7, 11) is 0. The second-order valence-corrected chi connectivity index (χ2v) is 9.16. The van der Waals surface area contributed by atoms with Crippen molar-refractivity contribution < 1.29 is 14.0 Å². The van der Waals surface area contributed by atoms with Gasteiger partial charge in [0, 0.05) is 26.2 Å². The molecule has 2 fully saturated rings. The lowest BCUT2D eigenvalue weighted by molar-refractivity contribution is -0.131. The number of amides is 3. The lowest BCUT2D eigenvalue weighted by Gasteiger charge is -2.29. The van der Waals surface area contributed by atoms with Crippen LogP contribution in [0.1, 0.15) is 23.1 Å². The normalized spacial score (nSPS) is 18.9. The molecule has 1 N–H and O–H groups in total. The predicted molar refractivity (Wildman–Crippen MR) is 132 cm³/mol. The van der Waals surface area contributed by atoms with Gasteiger partial charge in [0.15, 0.2) is 5.54 Å². The Bertz CT molecular complexity index is 1130. The summed E-state index contributed by atoms with van der Waals surface area (Å²) in [4.78, 5) is 32.9. The Morgan fingerprint density at radius 3 is 1.94 bits per heavy atom. The molecule has 0 unspecified atom stereocenters. The van der Waals surface area contributed by atoms with E-state index in [2.05, 4.69) is 15.1 Å². The van der Waals surface area contributed by atoms with Crippen LogP contribution < -0.4 is 5.32 Å². The molecule has 0 atom stereocenters. The zero-order chi connectivity index (χ0) is 24.3. The van der Waals surface area contributed by atoms with Gasteiger partial charge in [0.25, 0.3) is 5.91 Å². The van der Waals surface area contributed by atoms with E-state index in [1.54, 1.807) is 0 Å². The molecule has 6 nitrogen and oxygen atoms in total. The van der Waals surface area contributed by atoms with Crippen molar-refractivity contribution in [3.8, 4) is 0 Å². The molecule has 35 heavy (non-hydrogen) atoms. The minimum Gasteiger partial charge on any atom is -0.315 e. The highest BCUT2D eigenvalue weighted by molar-refractivity contribution is 6.09. The number of urea groups is 1. The summed E-state index contributed by atoms with van der Waals surface area (Å²) in [5, 5.41) is 3.02. The number of benzene rings is 3.